The summed E-state index contributed by atoms with van der Waals surface area (Å²) in [6.45, 7) is 3.32. The van der Waals surface area contributed by atoms with Crippen molar-refractivity contribution in [1.82, 2.24) is 5.32 Å². The molecule has 0 radical (unpaired) electrons. The molecule has 0 bridgehead atoms. The van der Waals surface area contributed by atoms with Gasteiger partial charge in [-0.25, -0.2) is 0 Å². The number of benzene rings is 2. The van der Waals surface area contributed by atoms with Crippen LogP contribution in [-0.4, -0.2) is 32.7 Å². The van der Waals surface area contributed by atoms with E-state index in [0.29, 0.717) is 19.7 Å². The molecule has 2 aromatic rings. The Hall–Kier alpha value is -2.49. The fourth-order valence-corrected chi connectivity index (χ4v) is 2.04. The first kappa shape index (κ1) is 15.9. The number of ether oxygens (including phenoxy) is 1. The monoisotopic (exact) mass is 298 g/mol. The van der Waals surface area contributed by atoms with Crippen LogP contribution in [0.4, 0.5) is 5.69 Å². The quantitative estimate of drug-likeness (QED) is 0.799. The van der Waals surface area contributed by atoms with Crippen LogP contribution >= 0.6 is 0 Å². The Morgan fingerprint density at radius 2 is 1.77 bits per heavy atom. The molecule has 0 aliphatic rings. The molecule has 22 heavy (non-hydrogen) atoms. The van der Waals surface area contributed by atoms with Gasteiger partial charge in [0.05, 0.1) is 13.1 Å². The largest absolute Gasteiger partial charge is 0.492 e. The van der Waals surface area contributed by atoms with Gasteiger partial charge in [-0.2, -0.15) is 0 Å². The molecule has 0 aliphatic heterocycles. The van der Waals surface area contributed by atoms with Crippen molar-refractivity contribution >= 4 is 11.6 Å². The molecule has 0 heterocycles. The van der Waals surface area contributed by atoms with Crippen molar-refractivity contribution in [2.24, 2.45) is 0 Å². The van der Waals surface area contributed by atoms with Crippen LogP contribution in [0.3, 0.4) is 0 Å². The summed E-state index contributed by atoms with van der Waals surface area (Å²) in [6.07, 6.45) is 0. The molecule has 116 valence electrons. The molecular formula is C18H22N2O2. The zero-order valence-electron chi connectivity index (χ0n) is 13.1. The summed E-state index contributed by atoms with van der Waals surface area (Å²) in [5, 5.41) is 2.86. The Labute approximate surface area is 131 Å². The lowest BCUT2D eigenvalue weighted by molar-refractivity contribution is -0.119. The molecule has 1 N–H and O–H groups in total. The van der Waals surface area contributed by atoms with E-state index < -0.39 is 0 Å². The highest BCUT2D eigenvalue weighted by atomic mass is 16.5. The maximum absolute atomic E-state index is 11.9. The average molecular weight is 298 g/mol. The van der Waals surface area contributed by atoms with E-state index in [-0.39, 0.29) is 5.91 Å². The number of para-hydroxylation sites is 1. The van der Waals surface area contributed by atoms with E-state index in [1.807, 2.05) is 73.5 Å². The summed E-state index contributed by atoms with van der Waals surface area (Å²) >= 11 is 0. The molecule has 2 rings (SSSR count). The minimum atomic E-state index is -0.0149. The lowest BCUT2D eigenvalue weighted by atomic mass is 10.2. The Morgan fingerprint density at radius 1 is 1.09 bits per heavy atom. The molecule has 4 nitrogen and oxygen atoms in total. The van der Waals surface area contributed by atoms with Crippen LogP contribution in [0.5, 0.6) is 5.75 Å². The van der Waals surface area contributed by atoms with Gasteiger partial charge in [-0.1, -0.05) is 35.9 Å². The van der Waals surface area contributed by atoms with Crippen molar-refractivity contribution < 1.29 is 9.53 Å². The number of hydrogen-bond acceptors (Lipinski definition) is 3. The molecular weight excluding hydrogens is 276 g/mol. The summed E-state index contributed by atoms with van der Waals surface area (Å²) in [4.78, 5) is 13.8. The Bertz CT molecular complexity index is 582. The number of carbonyl (C=O) groups excluding carboxylic acids is 1. The van der Waals surface area contributed by atoms with Crippen LogP contribution in [0, 0.1) is 6.92 Å². The molecule has 0 spiro atoms. The summed E-state index contributed by atoms with van der Waals surface area (Å²) in [7, 11) is 1.90. The van der Waals surface area contributed by atoms with Gasteiger partial charge in [-0.15, -0.1) is 0 Å². The zero-order valence-corrected chi connectivity index (χ0v) is 13.1. The molecule has 0 aliphatic carbocycles. The van der Waals surface area contributed by atoms with Crippen molar-refractivity contribution in [2.75, 3.05) is 31.6 Å². The highest BCUT2D eigenvalue weighted by Crippen LogP contribution is 2.11. The van der Waals surface area contributed by atoms with Crippen molar-refractivity contribution in [3.8, 4) is 5.75 Å². The molecule has 0 saturated carbocycles. The fourth-order valence-electron chi connectivity index (χ4n) is 2.04. The Balaban J connectivity index is 1.66. The summed E-state index contributed by atoms with van der Waals surface area (Å²) in [5.74, 6) is 0.806. The fraction of sp³-hybridized carbons (Fsp3) is 0.278. The van der Waals surface area contributed by atoms with E-state index in [0.717, 1.165) is 11.4 Å². The van der Waals surface area contributed by atoms with Gasteiger partial charge in [0.15, 0.2) is 0 Å². The van der Waals surface area contributed by atoms with Crippen molar-refractivity contribution in [3.05, 3.63) is 60.2 Å². The predicted octanol–water partition coefficient (Wildman–Crippen LogP) is 2.63. The van der Waals surface area contributed by atoms with Gasteiger partial charge in [-0.05, 0) is 31.2 Å². The number of hydrogen-bond donors (Lipinski definition) is 1. The number of nitrogens with one attached hydrogen (secondary N) is 1. The van der Waals surface area contributed by atoms with Crippen molar-refractivity contribution in [2.45, 2.75) is 6.92 Å². The van der Waals surface area contributed by atoms with Crippen LogP contribution < -0.4 is 15.0 Å². The number of carbonyl (C=O) groups is 1. The molecule has 0 fully saturated rings. The topological polar surface area (TPSA) is 41.6 Å². The molecule has 0 unspecified atom stereocenters. The van der Waals surface area contributed by atoms with Gasteiger partial charge in [0, 0.05) is 12.7 Å². The highest BCUT2D eigenvalue weighted by molar-refractivity contribution is 5.81. The summed E-state index contributed by atoms with van der Waals surface area (Å²) < 4.78 is 5.57. The molecule has 0 saturated heterocycles. The number of amides is 1. The lowest BCUT2D eigenvalue weighted by Crippen LogP contribution is -2.37. The van der Waals surface area contributed by atoms with Gasteiger partial charge >= 0.3 is 0 Å². The van der Waals surface area contributed by atoms with Gasteiger partial charge in [-0.3, -0.25) is 4.79 Å². The maximum Gasteiger partial charge on any atom is 0.239 e. The van der Waals surface area contributed by atoms with Crippen LogP contribution in [-0.2, 0) is 4.79 Å². The number of nitrogens with zero attached hydrogens (tertiary/aromatic N) is 1. The first-order valence-corrected chi connectivity index (χ1v) is 7.37. The lowest BCUT2D eigenvalue weighted by Gasteiger charge is -2.18. The van der Waals surface area contributed by atoms with Gasteiger partial charge in [0.2, 0.25) is 5.91 Å². The van der Waals surface area contributed by atoms with Gasteiger partial charge in [0.25, 0.3) is 0 Å². The summed E-state index contributed by atoms with van der Waals surface area (Å²) in [6, 6.07) is 17.7. The standard InChI is InChI=1S/C18H22N2O2/c1-15-8-10-17(11-9-15)22-13-12-19-18(21)14-20(2)16-6-4-3-5-7-16/h3-11H,12-14H2,1-2H3,(H,19,21). The zero-order chi connectivity index (χ0) is 15.8. The normalized spacial score (nSPS) is 10.1. The smallest absolute Gasteiger partial charge is 0.239 e. The van der Waals surface area contributed by atoms with E-state index >= 15 is 0 Å². The third-order valence-corrected chi connectivity index (χ3v) is 3.29. The number of rotatable bonds is 7. The van der Waals surface area contributed by atoms with Crippen LogP contribution in [0.2, 0.25) is 0 Å². The Morgan fingerprint density at radius 3 is 2.45 bits per heavy atom. The van der Waals surface area contributed by atoms with Crippen molar-refractivity contribution in [1.29, 1.82) is 0 Å². The van der Waals surface area contributed by atoms with E-state index in [9.17, 15) is 4.79 Å². The maximum atomic E-state index is 11.9. The van der Waals surface area contributed by atoms with E-state index in [1.54, 1.807) is 0 Å². The number of anilines is 1. The van der Waals surface area contributed by atoms with Crippen molar-refractivity contribution in [3.63, 3.8) is 0 Å². The molecule has 0 aromatic heterocycles. The van der Waals surface area contributed by atoms with Crippen LogP contribution in [0.25, 0.3) is 0 Å². The van der Waals surface area contributed by atoms with E-state index in [2.05, 4.69) is 5.32 Å². The SMILES string of the molecule is Cc1ccc(OCCNC(=O)CN(C)c2ccccc2)cc1. The van der Waals surface area contributed by atoms with E-state index in [4.69, 9.17) is 4.74 Å². The molecule has 0 atom stereocenters. The average Bonchev–Trinajstić information content (AvgIpc) is 2.54. The Kier molecular flexibility index (Phi) is 5.83. The molecule has 1 amide bonds. The van der Waals surface area contributed by atoms with E-state index in [1.165, 1.54) is 5.56 Å². The van der Waals surface area contributed by atoms with Gasteiger partial charge < -0.3 is 15.0 Å². The van der Waals surface area contributed by atoms with Crippen LogP contribution in [0.15, 0.2) is 54.6 Å². The van der Waals surface area contributed by atoms with Crippen LogP contribution in [0.1, 0.15) is 5.56 Å². The minimum Gasteiger partial charge on any atom is -0.492 e. The second-order valence-corrected chi connectivity index (χ2v) is 5.20. The number of aryl methyl sites for hydroxylation is 1. The third kappa shape index (κ3) is 5.13. The third-order valence-electron chi connectivity index (χ3n) is 3.29. The molecule has 2 aromatic carbocycles. The second-order valence-electron chi connectivity index (χ2n) is 5.20. The minimum absolute atomic E-state index is 0.0149. The predicted molar refractivity (Wildman–Crippen MR) is 89.4 cm³/mol. The van der Waals surface area contributed by atoms with Gasteiger partial charge in [0.1, 0.15) is 12.4 Å². The first-order valence-electron chi connectivity index (χ1n) is 7.37. The second kappa shape index (κ2) is 8.08. The summed E-state index contributed by atoms with van der Waals surface area (Å²) in [5.41, 5.74) is 2.22. The first-order chi connectivity index (χ1) is 10.6. The highest BCUT2D eigenvalue weighted by Gasteiger charge is 2.06. The number of likely N-dealkylation sites (N-methyl/N-ethyl adjacent to an activating group) is 1. The molecule has 4 heteroatoms.